The summed E-state index contributed by atoms with van der Waals surface area (Å²) in [7, 11) is 0. The lowest BCUT2D eigenvalue weighted by Gasteiger charge is -2.22. The van der Waals surface area contributed by atoms with Crippen LogP contribution in [0.15, 0.2) is 18.2 Å². The molecule has 0 spiro atoms. The molecule has 0 aromatic heterocycles. The first-order valence-electron chi connectivity index (χ1n) is 7.08. The van der Waals surface area contributed by atoms with Crippen LogP contribution in [0.1, 0.15) is 42.4 Å². The first-order valence-corrected chi connectivity index (χ1v) is 7.08. The van der Waals surface area contributed by atoms with E-state index >= 15 is 0 Å². The summed E-state index contributed by atoms with van der Waals surface area (Å²) in [6.45, 7) is 6.12. The smallest absolute Gasteiger partial charge is 0.303 e. The molecule has 3 heteroatoms. The third-order valence-electron chi connectivity index (χ3n) is 3.86. The second-order valence-electron chi connectivity index (χ2n) is 5.62. The molecule has 1 fully saturated rings. The second kappa shape index (κ2) is 6.20. The summed E-state index contributed by atoms with van der Waals surface area (Å²) in [6, 6.07) is 7.29. The van der Waals surface area contributed by atoms with Gasteiger partial charge in [0, 0.05) is 19.0 Å². The minimum absolute atomic E-state index is 0.274. The van der Waals surface area contributed by atoms with Crippen LogP contribution in [0.4, 0.5) is 0 Å². The van der Waals surface area contributed by atoms with Crippen LogP contribution in [0.25, 0.3) is 0 Å². The fourth-order valence-electron chi connectivity index (χ4n) is 2.40. The molecule has 2 rings (SSSR count). The van der Waals surface area contributed by atoms with Gasteiger partial charge in [0.15, 0.2) is 0 Å². The second-order valence-corrected chi connectivity index (χ2v) is 5.62. The average molecular weight is 261 g/mol. The zero-order valence-corrected chi connectivity index (χ0v) is 11.9. The Morgan fingerprint density at radius 3 is 2.63 bits per heavy atom. The summed E-state index contributed by atoms with van der Waals surface area (Å²) >= 11 is 0. The van der Waals surface area contributed by atoms with Gasteiger partial charge in [-0.1, -0.05) is 18.2 Å². The lowest BCUT2D eigenvalue weighted by Crippen LogP contribution is -2.27. The molecule has 1 aromatic carbocycles. The molecule has 1 N–H and O–H groups in total. The van der Waals surface area contributed by atoms with E-state index in [4.69, 9.17) is 5.11 Å². The highest BCUT2D eigenvalue weighted by molar-refractivity contribution is 5.66. The molecular weight excluding hydrogens is 238 g/mol. The highest BCUT2D eigenvalue weighted by Gasteiger charge is 2.28. The Hall–Kier alpha value is -1.35. The first-order chi connectivity index (χ1) is 9.06. The molecule has 0 aliphatic heterocycles. The molecule has 0 saturated heterocycles. The van der Waals surface area contributed by atoms with Crippen molar-refractivity contribution in [2.75, 3.05) is 6.54 Å². The van der Waals surface area contributed by atoms with Crippen molar-refractivity contribution in [3.63, 3.8) is 0 Å². The van der Waals surface area contributed by atoms with Gasteiger partial charge in [-0.15, -0.1) is 0 Å². The van der Waals surface area contributed by atoms with Crippen molar-refractivity contribution >= 4 is 5.97 Å². The highest BCUT2D eigenvalue weighted by Crippen LogP contribution is 2.28. The highest BCUT2D eigenvalue weighted by atomic mass is 16.4. The van der Waals surface area contributed by atoms with Gasteiger partial charge in [0.05, 0.1) is 0 Å². The molecule has 104 valence electrons. The van der Waals surface area contributed by atoms with Gasteiger partial charge in [0.25, 0.3) is 0 Å². The van der Waals surface area contributed by atoms with Gasteiger partial charge in [-0.3, -0.25) is 9.69 Å². The molecule has 1 aliphatic carbocycles. The van der Waals surface area contributed by atoms with Crippen LogP contribution in [0.3, 0.4) is 0 Å². The normalized spacial score (nSPS) is 14.9. The van der Waals surface area contributed by atoms with Gasteiger partial charge in [-0.2, -0.15) is 0 Å². The summed E-state index contributed by atoms with van der Waals surface area (Å²) < 4.78 is 0. The maximum Gasteiger partial charge on any atom is 0.303 e. The van der Waals surface area contributed by atoms with E-state index < -0.39 is 5.97 Å². The first kappa shape index (κ1) is 14.1. The van der Waals surface area contributed by atoms with Crippen LogP contribution >= 0.6 is 0 Å². The molecule has 0 radical (unpaired) electrons. The molecule has 1 saturated carbocycles. The molecule has 1 aromatic rings. The maximum atomic E-state index is 10.6. The van der Waals surface area contributed by atoms with Gasteiger partial charge < -0.3 is 5.11 Å². The van der Waals surface area contributed by atoms with Crippen molar-refractivity contribution in [3.05, 3.63) is 34.9 Å². The van der Waals surface area contributed by atoms with Gasteiger partial charge in [-0.05, 0) is 56.3 Å². The van der Waals surface area contributed by atoms with Gasteiger partial charge in [-0.25, -0.2) is 0 Å². The van der Waals surface area contributed by atoms with E-state index in [-0.39, 0.29) is 6.42 Å². The number of carboxylic acids is 1. The summed E-state index contributed by atoms with van der Waals surface area (Å²) in [5, 5.41) is 8.72. The van der Waals surface area contributed by atoms with E-state index in [2.05, 4.69) is 36.9 Å². The largest absolute Gasteiger partial charge is 0.481 e. The average Bonchev–Trinajstić information content (AvgIpc) is 3.16. The fourth-order valence-corrected chi connectivity index (χ4v) is 2.40. The van der Waals surface area contributed by atoms with Crippen LogP contribution < -0.4 is 0 Å². The van der Waals surface area contributed by atoms with E-state index in [0.29, 0.717) is 6.04 Å². The number of benzene rings is 1. The van der Waals surface area contributed by atoms with E-state index in [1.165, 1.54) is 29.5 Å². The topological polar surface area (TPSA) is 40.5 Å². The number of hydrogen-bond donors (Lipinski definition) is 1. The summed E-state index contributed by atoms with van der Waals surface area (Å²) in [4.78, 5) is 13.0. The van der Waals surface area contributed by atoms with E-state index in [1.54, 1.807) is 0 Å². The third-order valence-corrected chi connectivity index (χ3v) is 3.86. The molecule has 19 heavy (non-hydrogen) atoms. The lowest BCUT2D eigenvalue weighted by atomic mass is 10.1. The molecule has 0 amide bonds. The minimum Gasteiger partial charge on any atom is -0.481 e. The van der Waals surface area contributed by atoms with Gasteiger partial charge in [0.2, 0.25) is 0 Å². The zero-order valence-electron chi connectivity index (χ0n) is 11.9. The van der Waals surface area contributed by atoms with Crippen LogP contribution in [0.2, 0.25) is 0 Å². The van der Waals surface area contributed by atoms with E-state index in [1.807, 2.05) is 0 Å². The molecular formula is C16H23NO2. The Balaban J connectivity index is 1.92. The lowest BCUT2D eigenvalue weighted by molar-refractivity contribution is -0.137. The van der Waals surface area contributed by atoms with Crippen molar-refractivity contribution < 1.29 is 9.90 Å². The van der Waals surface area contributed by atoms with E-state index in [0.717, 1.165) is 19.5 Å². The number of carbonyl (C=O) groups is 1. The van der Waals surface area contributed by atoms with Crippen molar-refractivity contribution in [1.82, 2.24) is 4.90 Å². The van der Waals surface area contributed by atoms with Crippen LogP contribution in [0, 0.1) is 13.8 Å². The monoisotopic (exact) mass is 261 g/mol. The quantitative estimate of drug-likeness (QED) is 0.819. The van der Waals surface area contributed by atoms with Gasteiger partial charge >= 0.3 is 5.97 Å². The molecule has 3 nitrogen and oxygen atoms in total. The fraction of sp³-hybridized carbons (Fsp3) is 0.562. The van der Waals surface area contributed by atoms with Crippen molar-refractivity contribution in [1.29, 1.82) is 0 Å². The molecule has 0 atom stereocenters. The Morgan fingerprint density at radius 1 is 1.32 bits per heavy atom. The van der Waals surface area contributed by atoms with Crippen molar-refractivity contribution in [2.24, 2.45) is 0 Å². The number of carboxylic acid groups (broad SMARTS) is 1. The number of aryl methyl sites for hydroxylation is 2. The summed E-state index contributed by atoms with van der Waals surface area (Å²) in [6.07, 6.45) is 3.54. The summed E-state index contributed by atoms with van der Waals surface area (Å²) in [5.41, 5.74) is 4.00. The predicted octanol–water partition coefficient (Wildman–Crippen LogP) is 3.13. The van der Waals surface area contributed by atoms with Crippen molar-refractivity contribution in [2.45, 2.75) is 52.1 Å². The number of rotatable bonds is 7. The van der Waals surface area contributed by atoms with Crippen LogP contribution in [-0.2, 0) is 11.3 Å². The molecule has 1 aliphatic rings. The standard InChI is InChI=1S/C16H23NO2/c1-12-5-6-14(10-13(12)2)11-17(15-7-8-15)9-3-4-16(18)19/h5-6,10,15H,3-4,7-9,11H2,1-2H3,(H,18,19). The zero-order chi connectivity index (χ0) is 13.8. The molecule has 0 unspecified atom stereocenters. The maximum absolute atomic E-state index is 10.6. The minimum atomic E-state index is -0.693. The molecule has 0 heterocycles. The Bertz CT molecular complexity index is 452. The predicted molar refractivity (Wildman–Crippen MR) is 76.2 cm³/mol. The third kappa shape index (κ3) is 4.35. The Morgan fingerprint density at radius 2 is 2.05 bits per heavy atom. The van der Waals surface area contributed by atoms with E-state index in [9.17, 15) is 4.79 Å². The number of nitrogens with zero attached hydrogens (tertiary/aromatic N) is 1. The Labute approximate surface area is 115 Å². The number of aliphatic carboxylic acids is 1. The Kier molecular flexibility index (Phi) is 4.59. The van der Waals surface area contributed by atoms with Crippen LogP contribution in [-0.4, -0.2) is 28.6 Å². The van der Waals surface area contributed by atoms with Crippen molar-refractivity contribution in [3.8, 4) is 0 Å². The van der Waals surface area contributed by atoms with Crippen LogP contribution in [0.5, 0.6) is 0 Å². The number of hydrogen-bond acceptors (Lipinski definition) is 2. The van der Waals surface area contributed by atoms with Gasteiger partial charge in [0.1, 0.15) is 0 Å². The summed E-state index contributed by atoms with van der Waals surface area (Å²) in [5.74, 6) is -0.693. The SMILES string of the molecule is Cc1ccc(CN(CCCC(=O)O)C2CC2)cc1C. The molecule has 0 bridgehead atoms.